The minimum Gasteiger partial charge on any atom is -0.360 e. The number of benzene rings is 2. The average Bonchev–Trinajstić information content (AvgIpc) is 3.43. The fourth-order valence-electron chi connectivity index (χ4n) is 4.79. The minimum atomic E-state index is -0.571. The van der Waals surface area contributed by atoms with Crippen molar-refractivity contribution in [2.24, 2.45) is 0 Å². The molecule has 4 aromatic rings. The second kappa shape index (κ2) is 9.01. The summed E-state index contributed by atoms with van der Waals surface area (Å²) in [5, 5.41) is 0.986. The monoisotopic (exact) mass is 473 g/mol. The van der Waals surface area contributed by atoms with Crippen molar-refractivity contribution in [3.63, 3.8) is 0 Å². The summed E-state index contributed by atoms with van der Waals surface area (Å²) in [7, 11) is -0.571. The Hall–Kier alpha value is -2.96. The quantitative estimate of drug-likeness (QED) is 0.267. The molecule has 34 heavy (non-hydrogen) atoms. The maximum atomic E-state index is 12.4. The molecule has 0 aliphatic heterocycles. The lowest BCUT2D eigenvalue weighted by Crippen LogP contribution is -2.28. The molecule has 1 aliphatic rings. The minimum absolute atomic E-state index is 0.474. The van der Waals surface area contributed by atoms with Gasteiger partial charge in [0.1, 0.15) is 25.0 Å². The van der Waals surface area contributed by atoms with Gasteiger partial charge in [-0.15, -0.1) is 0 Å². The first-order valence-electron chi connectivity index (χ1n) is 11.6. The number of fused-ring (bicyclic) bond motifs is 2. The first kappa shape index (κ1) is 22.8. The Morgan fingerprint density at radius 3 is 2.50 bits per heavy atom. The van der Waals surface area contributed by atoms with Crippen molar-refractivity contribution in [3.05, 3.63) is 83.8 Å². The van der Waals surface area contributed by atoms with Crippen LogP contribution in [0.2, 0.25) is 0 Å². The molecule has 2 aromatic carbocycles. The van der Waals surface area contributed by atoms with E-state index in [9.17, 15) is 4.79 Å². The van der Waals surface area contributed by atoms with Gasteiger partial charge in [-0.3, -0.25) is 0 Å². The predicted molar refractivity (Wildman–Crippen MR) is 141 cm³/mol. The number of hydrogen-bond donors (Lipinski definition) is 0. The van der Waals surface area contributed by atoms with Crippen molar-refractivity contribution < 1.29 is 9.53 Å². The summed E-state index contributed by atoms with van der Waals surface area (Å²) >= 11 is 0. The zero-order valence-electron chi connectivity index (χ0n) is 20.0. The van der Waals surface area contributed by atoms with Gasteiger partial charge in [0.25, 0.3) is 0 Å². The van der Waals surface area contributed by atoms with Crippen LogP contribution in [0.5, 0.6) is 0 Å². The van der Waals surface area contributed by atoms with Gasteiger partial charge < -0.3 is 14.1 Å². The Kier molecular flexibility index (Phi) is 6.04. The molecule has 2 aromatic heterocycles. The second-order valence-electron chi connectivity index (χ2n) is 10.1. The molecule has 5 nitrogen and oxygen atoms in total. The van der Waals surface area contributed by atoms with Gasteiger partial charge in [0.05, 0.1) is 17.7 Å². The van der Waals surface area contributed by atoms with Crippen molar-refractivity contribution in [1.82, 2.24) is 14.5 Å². The van der Waals surface area contributed by atoms with Crippen LogP contribution in [-0.2, 0) is 34.5 Å². The Morgan fingerprint density at radius 1 is 1.03 bits per heavy atom. The van der Waals surface area contributed by atoms with E-state index in [0.29, 0.717) is 6.73 Å². The molecule has 0 fully saturated rings. The molecule has 0 N–H and O–H groups in total. The maximum absolute atomic E-state index is 12.4. The molecule has 0 amide bonds. The van der Waals surface area contributed by atoms with Crippen molar-refractivity contribution in [2.45, 2.75) is 25.0 Å². The van der Waals surface area contributed by atoms with E-state index in [4.69, 9.17) is 4.74 Å². The highest BCUT2D eigenvalue weighted by molar-refractivity contribution is 8.32. The number of rotatable bonds is 8. The predicted octanol–water partition coefficient (Wildman–Crippen LogP) is 5.00. The van der Waals surface area contributed by atoms with E-state index in [-0.39, 0.29) is 0 Å². The van der Waals surface area contributed by atoms with Gasteiger partial charge in [0.2, 0.25) is 0 Å². The summed E-state index contributed by atoms with van der Waals surface area (Å²) in [5.74, 6) is 1.08. The number of carbonyl (C=O) groups is 1. The van der Waals surface area contributed by atoms with Gasteiger partial charge in [-0.25, -0.2) is 20.0 Å². The van der Waals surface area contributed by atoms with Crippen LogP contribution in [0.3, 0.4) is 0 Å². The Balaban J connectivity index is 1.43. The first-order chi connectivity index (χ1) is 16.4. The average molecular weight is 474 g/mol. The molecular weight excluding hydrogens is 442 g/mol. The fourth-order valence-corrected chi connectivity index (χ4v) is 5.40. The maximum Gasteiger partial charge on any atom is 0.145 e. The van der Waals surface area contributed by atoms with Gasteiger partial charge in [-0.05, 0) is 60.4 Å². The highest BCUT2D eigenvalue weighted by Gasteiger charge is 2.38. The lowest BCUT2D eigenvalue weighted by Gasteiger charge is -2.24. The van der Waals surface area contributed by atoms with Crippen molar-refractivity contribution in [3.8, 4) is 11.3 Å². The SMILES string of the molecule is CS(C)(C)CCOCn1ccc2c(-c3cccc(C4(C=O)Cc5ccccc5C4)c3)ncnc21. The van der Waals surface area contributed by atoms with Crippen molar-refractivity contribution >= 4 is 27.3 Å². The van der Waals surface area contributed by atoms with Crippen LogP contribution in [0, 0.1) is 0 Å². The fraction of sp³-hybridized carbons (Fsp3) is 0.321. The lowest BCUT2D eigenvalue weighted by molar-refractivity contribution is -0.112. The van der Waals surface area contributed by atoms with Crippen LogP contribution < -0.4 is 0 Å². The molecular formula is C28H31N3O2S. The summed E-state index contributed by atoms with van der Waals surface area (Å²) in [6.45, 7) is 1.22. The number of ether oxygens (including phenoxy) is 1. The highest BCUT2D eigenvalue weighted by atomic mass is 32.3. The van der Waals surface area contributed by atoms with Crippen LogP contribution in [0.4, 0.5) is 0 Å². The van der Waals surface area contributed by atoms with Gasteiger partial charge in [-0.1, -0.05) is 42.5 Å². The first-order valence-corrected chi connectivity index (χ1v) is 14.6. The molecule has 0 saturated heterocycles. The molecule has 0 spiro atoms. The molecule has 5 rings (SSSR count). The molecule has 0 radical (unpaired) electrons. The van der Waals surface area contributed by atoms with Crippen molar-refractivity contribution in [2.75, 3.05) is 31.1 Å². The normalized spacial score (nSPS) is 15.4. The largest absolute Gasteiger partial charge is 0.360 e. The summed E-state index contributed by atoms with van der Waals surface area (Å²) in [6.07, 6.45) is 13.1. The zero-order valence-corrected chi connectivity index (χ0v) is 20.8. The standard InChI is InChI=1S/C28H31N3O2S/c1-34(2,3)14-13-33-20-31-12-11-25-26(29-19-30-27(25)31)21-9-6-10-24(15-21)28(18-32)16-22-7-4-5-8-23(22)17-28/h4-12,15,18-19H,13-14,16-17,20H2,1-3H3. The number of nitrogens with zero attached hydrogens (tertiary/aromatic N) is 3. The molecule has 176 valence electrons. The Morgan fingerprint density at radius 2 is 1.79 bits per heavy atom. The van der Waals surface area contributed by atoms with Crippen LogP contribution in [-0.4, -0.2) is 51.9 Å². The topological polar surface area (TPSA) is 57.0 Å². The molecule has 0 saturated carbocycles. The van der Waals surface area contributed by atoms with E-state index in [1.165, 1.54) is 11.1 Å². The van der Waals surface area contributed by atoms with Crippen molar-refractivity contribution in [1.29, 1.82) is 0 Å². The number of hydrogen-bond acceptors (Lipinski definition) is 4. The third kappa shape index (κ3) is 4.40. The third-order valence-electron chi connectivity index (χ3n) is 6.69. The van der Waals surface area contributed by atoms with E-state index >= 15 is 0 Å². The Bertz CT molecular complexity index is 1310. The smallest absolute Gasteiger partial charge is 0.145 e. The van der Waals surface area contributed by atoms with Gasteiger partial charge in [0, 0.05) is 22.9 Å². The second-order valence-corrected chi connectivity index (χ2v) is 14.6. The number of aromatic nitrogens is 3. The van der Waals surface area contributed by atoms with Crippen LogP contribution in [0.25, 0.3) is 22.3 Å². The highest BCUT2D eigenvalue weighted by Crippen LogP contribution is 2.40. The molecule has 2 heterocycles. The molecule has 0 bridgehead atoms. The van der Waals surface area contributed by atoms with E-state index in [0.717, 1.165) is 59.3 Å². The molecule has 0 atom stereocenters. The van der Waals surface area contributed by atoms with E-state index < -0.39 is 15.4 Å². The zero-order chi connectivity index (χ0) is 23.8. The summed E-state index contributed by atoms with van der Waals surface area (Å²) in [4.78, 5) is 21.6. The van der Waals surface area contributed by atoms with E-state index in [1.54, 1.807) is 6.33 Å². The van der Waals surface area contributed by atoms with E-state index in [1.807, 2.05) is 29.0 Å². The summed E-state index contributed by atoms with van der Waals surface area (Å²) in [6, 6.07) is 18.7. The van der Waals surface area contributed by atoms with Crippen LogP contribution in [0.15, 0.2) is 67.1 Å². The van der Waals surface area contributed by atoms with Gasteiger partial charge in [-0.2, -0.15) is 0 Å². The van der Waals surface area contributed by atoms with Gasteiger partial charge >= 0.3 is 0 Å². The van der Waals surface area contributed by atoms with E-state index in [2.05, 4.69) is 65.1 Å². The lowest BCUT2D eigenvalue weighted by atomic mass is 9.78. The van der Waals surface area contributed by atoms with Crippen LogP contribution in [0.1, 0.15) is 16.7 Å². The molecule has 6 heteroatoms. The molecule has 0 unspecified atom stereocenters. The van der Waals surface area contributed by atoms with Gasteiger partial charge in [0.15, 0.2) is 0 Å². The number of aldehydes is 1. The molecule has 1 aliphatic carbocycles. The number of carbonyl (C=O) groups excluding carboxylic acids is 1. The van der Waals surface area contributed by atoms with Crippen LogP contribution >= 0.6 is 10.0 Å². The third-order valence-corrected chi connectivity index (χ3v) is 8.08. The summed E-state index contributed by atoms with van der Waals surface area (Å²) in [5.41, 5.74) is 5.76. The Labute approximate surface area is 202 Å². The summed E-state index contributed by atoms with van der Waals surface area (Å²) < 4.78 is 7.97.